The number of aryl methyl sites for hydroxylation is 1. The highest BCUT2D eigenvalue weighted by Gasteiger charge is 2.31. The topological polar surface area (TPSA) is 77.0 Å². The Hall–Kier alpha value is -1.24. The van der Waals surface area contributed by atoms with Crippen molar-refractivity contribution in [1.82, 2.24) is 14.8 Å². The molecule has 2 aromatic rings. The molecule has 1 unspecified atom stereocenters. The van der Waals surface area contributed by atoms with Crippen LogP contribution >= 0.6 is 49.9 Å². The minimum absolute atomic E-state index is 0.0346. The van der Waals surface area contributed by atoms with Gasteiger partial charge in [-0.25, -0.2) is 4.98 Å². The zero-order valence-electron chi connectivity index (χ0n) is 20.7. The molecule has 1 amide bonds. The minimum atomic E-state index is 0.0346. The first kappa shape index (κ1) is 27.8. The van der Waals surface area contributed by atoms with E-state index >= 15 is 0 Å². The van der Waals surface area contributed by atoms with Crippen LogP contribution in [0, 0.1) is 5.92 Å². The number of halogens is 2. The number of benzene rings is 1. The fraction of sp³-hybridized carbons (Fsp3) is 0.577. The Morgan fingerprint density at radius 2 is 2.03 bits per heavy atom. The zero-order chi connectivity index (χ0) is 25.7. The Morgan fingerprint density at radius 3 is 2.72 bits per heavy atom. The van der Waals surface area contributed by atoms with Gasteiger partial charge in [-0.3, -0.25) is 14.5 Å². The van der Waals surface area contributed by atoms with Crippen molar-refractivity contribution in [2.45, 2.75) is 38.5 Å². The van der Waals surface area contributed by atoms with Gasteiger partial charge in [-0.15, -0.1) is 0 Å². The summed E-state index contributed by atoms with van der Waals surface area (Å²) in [5.74, 6) is 1.17. The second-order valence-electron chi connectivity index (χ2n) is 9.80. The number of thiazole rings is 1. The van der Waals surface area contributed by atoms with Crippen LogP contribution in [0.25, 0.3) is 0 Å². The predicted octanol–water partition coefficient (Wildman–Crippen LogP) is 4.71. The first-order valence-electron chi connectivity index (χ1n) is 12.6. The Balaban J connectivity index is 1.17. The van der Waals surface area contributed by atoms with Gasteiger partial charge in [0, 0.05) is 49.5 Å². The maximum Gasteiger partial charge on any atom is 0.236 e. The molecule has 2 aliphatic rings. The first-order chi connectivity index (χ1) is 17.3. The molecule has 4 rings (SSSR count). The number of ketones is 1. The van der Waals surface area contributed by atoms with Gasteiger partial charge in [0.05, 0.1) is 16.5 Å². The molecule has 36 heavy (non-hydrogen) atoms. The maximum absolute atomic E-state index is 12.9. The molecule has 0 spiro atoms. The van der Waals surface area contributed by atoms with Crippen molar-refractivity contribution < 1.29 is 14.7 Å². The lowest BCUT2D eigenvalue weighted by Crippen LogP contribution is -2.51. The molecule has 10 heteroatoms. The van der Waals surface area contributed by atoms with Crippen LogP contribution in [0.15, 0.2) is 28.2 Å². The number of alkyl halides is 1. The molecule has 0 saturated carbocycles. The summed E-state index contributed by atoms with van der Waals surface area (Å²) < 4.78 is 1.97. The second-order valence-corrected chi connectivity index (χ2v) is 13.1. The van der Waals surface area contributed by atoms with Crippen molar-refractivity contribution in [2.24, 2.45) is 5.92 Å². The number of carbonyl (C=O) groups excluding carboxylic acids is 2. The Morgan fingerprint density at radius 1 is 1.25 bits per heavy atom. The van der Waals surface area contributed by atoms with Gasteiger partial charge in [0.2, 0.25) is 5.91 Å². The molecule has 1 aromatic carbocycles. The number of phenolic OH excluding ortho intramolecular Hbond substituents is 1. The number of aromatic hydroxyl groups is 1. The van der Waals surface area contributed by atoms with Crippen molar-refractivity contribution in [3.8, 4) is 5.75 Å². The summed E-state index contributed by atoms with van der Waals surface area (Å²) >= 11 is 7.42. The number of piperazine rings is 1. The number of Topliss-reactive ketones (excluding diaryl/α,β-unsaturated/α-hetero) is 1. The van der Waals surface area contributed by atoms with Gasteiger partial charge in [0.15, 0.2) is 5.13 Å². The zero-order valence-corrected chi connectivity index (χ0v) is 25.2. The molecule has 7 nitrogen and oxygen atoms in total. The third-order valence-electron chi connectivity index (χ3n) is 7.20. The summed E-state index contributed by atoms with van der Waals surface area (Å²) in [6.07, 6.45) is 4.89. The van der Waals surface area contributed by atoms with Crippen LogP contribution in [-0.2, 0) is 16.0 Å². The van der Waals surface area contributed by atoms with E-state index in [1.807, 2.05) is 17.2 Å². The van der Waals surface area contributed by atoms with Crippen LogP contribution < -0.4 is 4.90 Å². The van der Waals surface area contributed by atoms with E-state index in [1.54, 1.807) is 17.4 Å². The van der Waals surface area contributed by atoms with Crippen LogP contribution in [0.4, 0.5) is 5.13 Å². The summed E-state index contributed by atoms with van der Waals surface area (Å²) in [5, 5.41) is 11.1. The predicted molar refractivity (Wildman–Crippen MR) is 157 cm³/mol. The van der Waals surface area contributed by atoms with Gasteiger partial charge in [-0.1, -0.05) is 53.0 Å². The molecule has 0 radical (unpaired) electrons. The first-order valence-corrected chi connectivity index (χ1v) is 15.7. The Kier molecular flexibility index (Phi) is 10.0. The van der Waals surface area contributed by atoms with E-state index in [0.717, 1.165) is 57.8 Å². The van der Waals surface area contributed by atoms with Gasteiger partial charge in [-0.2, -0.15) is 0 Å². The van der Waals surface area contributed by atoms with Crippen molar-refractivity contribution in [3.63, 3.8) is 0 Å². The molecular formula is C26H34BrIN4O3S. The van der Waals surface area contributed by atoms with E-state index < -0.39 is 0 Å². The molecule has 0 bridgehead atoms. The molecule has 1 N–H and O–H groups in total. The highest BCUT2D eigenvalue weighted by Crippen LogP contribution is 2.29. The van der Waals surface area contributed by atoms with Crippen molar-refractivity contribution in [3.05, 3.63) is 39.3 Å². The van der Waals surface area contributed by atoms with E-state index in [2.05, 4.69) is 66.3 Å². The summed E-state index contributed by atoms with van der Waals surface area (Å²) in [6, 6.07) is 5.82. The van der Waals surface area contributed by atoms with E-state index in [-0.39, 0.29) is 11.8 Å². The maximum atomic E-state index is 12.9. The third kappa shape index (κ3) is 7.20. The summed E-state index contributed by atoms with van der Waals surface area (Å²) in [6.45, 7) is 7.03. The summed E-state index contributed by atoms with van der Waals surface area (Å²) in [7, 11) is 0. The largest absolute Gasteiger partial charge is 0.508 e. The van der Waals surface area contributed by atoms with Gasteiger partial charge in [0.1, 0.15) is 11.5 Å². The fourth-order valence-electron chi connectivity index (χ4n) is 4.98. The summed E-state index contributed by atoms with van der Waals surface area (Å²) in [4.78, 5) is 36.4. The number of phenols is 1. The highest BCUT2D eigenvalue weighted by atomic mass is 127. The molecule has 3 heterocycles. The van der Waals surface area contributed by atoms with Gasteiger partial charge in [0.25, 0.3) is 0 Å². The number of carbonyl (C=O) groups is 2. The van der Waals surface area contributed by atoms with Crippen LogP contribution in [-0.4, -0.2) is 81.8 Å². The third-order valence-corrected chi connectivity index (χ3v) is 10.1. The molecular weight excluding hydrogens is 655 g/mol. The number of amides is 1. The van der Waals surface area contributed by atoms with Crippen LogP contribution in [0.3, 0.4) is 0 Å². The second kappa shape index (κ2) is 13.0. The number of hydrogen-bond acceptors (Lipinski definition) is 7. The molecule has 1 aromatic heterocycles. The quantitative estimate of drug-likeness (QED) is 0.288. The summed E-state index contributed by atoms with van der Waals surface area (Å²) in [5.41, 5.74) is 2.16. The van der Waals surface area contributed by atoms with Crippen molar-refractivity contribution in [2.75, 3.05) is 55.1 Å². The lowest BCUT2D eigenvalue weighted by molar-refractivity contribution is -0.132. The van der Waals surface area contributed by atoms with Crippen LogP contribution in [0.5, 0.6) is 5.75 Å². The van der Waals surface area contributed by atoms with Gasteiger partial charge >= 0.3 is 0 Å². The molecule has 2 atom stereocenters. The molecule has 2 fully saturated rings. The molecule has 2 aliphatic heterocycles. The minimum Gasteiger partial charge on any atom is -0.508 e. The highest BCUT2D eigenvalue weighted by molar-refractivity contribution is 14.1. The van der Waals surface area contributed by atoms with E-state index in [0.29, 0.717) is 50.1 Å². The average molecular weight is 689 g/mol. The fourth-order valence-corrected chi connectivity index (χ4v) is 6.69. The molecule has 196 valence electrons. The Bertz CT molecular complexity index is 1060. The smallest absolute Gasteiger partial charge is 0.236 e. The SMILES string of the molecule is CC(CI)c1cc(CCCC(=O)[C@@H]2CCN(CC(=O)N3CCN(c4ncc(Br)s4)CC3)C2)ccc1O. The van der Waals surface area contributed by atoms with Crippen LogP contribution in [0.2, 0.25) is 0 Å². The lowest BCUT2D eigenvalue weighted by Gasteiger charge is -2.35. The van der Waals surface area contributed by atoms with E-state index in [9.17, 15) is 14.7 Å². The van der Waals surface area contributed by atoms with Crippen molar-refractivity contribution in [1.29, 1.82) is 0 Å². The van der Waals surface area contributed by atoms with E-state index in [4.69, 9.17) is 0 Å². The number of likely N-dealkylation sites (tertiary alicyclic amines) is 1. The standard InChI is InChI=1S/C26H34BrIN4O3S/c1-18(14-28)21-13-19(5-6-23(21)34)3-2-4-22(33)20-7-8-30(16-20)17-25(35)31-9-11-32(12-10-31)26-29-15-24(27)36-26/h5-6,13,15,18,20,34H,2-4,7-12,14,16-17H2,1H3/t18?,20-/m1/s1. The van der Waals surface area contributed by atoms with Crippen LogP contribution in [0.1, 0.15) is 43.2 Å². The normalized spacial score (nSPS) is 19.6. The average Bonchev–Trinajstić information content (AvgIpc) is 3.53. The monoisotopic (exact) mass is 688 g/mol. The van der Waals surface area contributed by atoms with Gasteiger partial charge < -0.3 is 14.9 Å². The van der Waals surface area contributed by atoms with E-state index in [1.165, 1.54) is 5.56 Å². The van der Waals surface area contributed by atoms with Gasteiger partial charge in [-0.05, 0) is 64.8 Å². The number of aromatic nitrogens is 1. The lowest BCUT2D eigenvalue weighted by atomic mass is 9.95. The molecule has 0 aliphatic carbocycles. The number of anilines is 1. The number of nitrogens with zero attached hydrogens (tertiary/aromatic N) is 4. The number of hydrogen-bond donors (Lipinski definition) is 1. The Labute approximate surface area is 239 Å². The van der Waals surface area contributed by atoms with Crippen molar-refractivity contribution >= 4 is 66.7 Å². The molecule has 2 saturated heterocycles. The number of rotatable bonds is 10.